The van der Waals surface area contributed by atoms with Crippen LogP contribution in [0.2, 0.25) is 0 Å². The van der Waals surface area contributed by atoms with E-state index in [2.05, 4.69) is 25.4 Å². The highest BCUT2D eigenvalue weighted by molar-refractivity contribution is 7.52. The smallest absolute Gasteiger partial charge is 0.459 e. The summed E-state index contributed by atoms with van der Waals surface area (Å²) in [6.07, 6.45) is -3.59. The number of anilines is 2. The molecule has 0 spiro atoms. The summed E-state index contributed by atoms with van der Waals surface area (Å²) in [5.74, 6) is -0.224. The first-order valence-corrected chi connectivity index (χ1v) is 15.5. The minimum absolute atomic E-state index is 0.0784. The standard InChI is InChI=1S/C28H35FN7O7P/c1-15(2)41-25(38)16(3)35-44(39,43-19-12-8-10-17-9-6-7-11-18(17)19)40-13-20-22(37)28(4,29)26(42-20)36-14-32-21-23(31-5)33-27(30)34-24(21)36/h6-12,14-16,20,22,26,37H,13H2,1-5H3,(H,35,39)(H3,30,31,33,34)/t16-,20-,22-,26-,28-,44+/m1/s1. The van der Waals surface area contributed by atoms with Gasteiger partial charge in [-0.25, -0.2) is 13.9 Å². The number of benzene rings is 2. The number of nitrogens with zero attached hydrogens (tertiary/aromatic N) is 4. The first-order valence-electron chi connectivity index (χ1n) is 13.9. The van der Waals surface area contributed by atoms with E-state index in [4.69, 9.17) is 24.3 Å². The number of nitrogens with two attached hydrogens (primary N) is 1. The normalized spacial score (nSPS) is 24.0. The highest BCUT2D eigenvalue weighted by Gasteiger charge is 2.56. The lowest BCUT2D eigenvalue weighted by Gasteiger charge is -2.26. The van der Waals surface area contributed by atoms with E-state index in [1.807, 2.05) is 18.2 Å². The number of hydrogen-bond donors (Lipinski definition) is 4. The molecule has 3 heterocycles. The van der Waals surface area contributed by atoms with Gasteiger partial charge < -0.3 is 30.2 Å². The Labute approximate surface area is 252 Å². The van der Waals surface area contributed by atoms with E-state index in [1.54, 1.807) is 45.2 Å². The minimum Gasteiger partial charge on any atom is -0.462 e. The quantitative estimate of drug-likeness (QED) is 0.139. The summed E-state index contributed by atoms with van der Waals surface area (Å²) in [4.78, 5) is 25.1. The molecule has 1 fully saturated rings. The Hall–Kier alpha value is -3.88. The Balaban J connectivity index is 1.42. The van der Waals surface area contributed by atoms with E-state index >= 15 is 4.39 Å². The van der Waals surface area contributed by atoms with Gasteiger partial charge in [0.2, 0.25) is 5.95 Å². The van der Waals surface area contributed by atoms with Crippen LogP contribution in [0, 0.1) is 0 Å². The van der Waals surface area contributed by atoms with Crippen molar-refractivity contribution < 1.29 is 37.4 Å². The van der Waals surface area contributed by atoms with Crippen molar-refractivity contribution in [2.75, 3.05) is 24.7 Å². The van der Waals surface area contributed by atoms with E-state index in [0.29, 0.717) is 16.7 Å². The molecule has 4 aromatic rings. The number of nitrogen functional groups attached to an aromatic ring is 1. The number of ether oxygens (including phenoxy) is 2. The molecular formula is C28H35FN7O7P. The second-order valence-electron chi connectivity index (χ2n) is 10.8. The number of aliphatic hydroxyl groups is 1. The van der Waals surface area contributed by atoms with Crippen LogP contribution in [0.15, 0.2) is 48.8 Å². The van der Waals surface area contributed by atoms with E-state index < -0.39 is 56.6 Å². The molecule has 16 heteroatoms. The molecule has 2 aromatic heterocycles. The Morgan fingerprint density at radius 1 is 1.23 bits per heavy atom. The molecule has 0 bridgehead atoms. The zero-order valence-electron chi connectivity index (χ0n) is 24.8. The highest BCUT2D eigenvalue weighted by atomic mass is 31.2. The summed E-state index contributed by atoms with van der Waals surface area (Å²) in [6, 6.07) is 11.3. The van der Waals surface area contributed by atoms with Gasteiger partial charge in [-0.2, -0.15) is 15.1 Å². The fourth-order valence-corrected chi connectivity index (χ4v) is 6.44. The molecule has 0 aliphatic carbocycles. The molecule has 5 rings (SSSR count). The van der Waals surface area contributed by atoms with E-state index in [-0.39, 0.29) is 17.3 Å². The van der Waals surface area contributed by atoms with Crippen LogP contribution in [-0.2, 0) is 23.4 Å². The molecule has 14 nitrogen and oxygen atoms in total. The summed E-state index contributed by atoms with van der Waals surface area (Å²) in [5, 5.41) is 17.9. The molecule has 236 valence electrons. The van der Waals surface area contributed by atoms with Gasteiger partial charge in [-0.15, -0.1) is 0 Å². The Bertz CT molecular complexity index is 1710. The van der Waals surface area contributed by atoms with Crippen LogP contribution >= 0.6 is 7.75 Å². The van der Waals surface area contributed by atoms with Crippen LogP contribution in [-0.4, -0.2) is 74.3 Å². The number of rotatable bonds is 11. The Kier molecular flexibility index (Phi) is 8.78. The molecule has 0 unspecified atom stereocenters. The van der Waals surface area contributed by atoms with E-state index in [9.17, 15) is 14.5 Å². The molecule has 5 N–H and O–H groups in total. The van der Waals surface area contributed by atoms with Gasteiger partial charge in [0, 0.05) is 12.4 Å². The SMILES string of the molecule is CNc1nc(N)nc2c1ncn2[C@@H]1O[C@H](CO[P@@](=O)(N[C@H](C)C(=O)OC(C)C)Oc2cccc3ccccc23)[C@@H](O)[C@@]1(C)F. The predicted molar refractivity (Wildman–Crippen MR) is 161 cm³/mol. The third-order valence-electron chi connectivity index (χ3n) is 7.08. The maximum atomic E-state index is 16.1. The largest absolute Gasteiger partial charge is 0.462 e. The third kappa shape index (κ3) is 6.19. The molecule has 44 heavy (non-hydrogen) atoms. The number of imidazole rings is 1. The number of fused-ring (bicyclic) bond motifs is 2. The van der Waals surface area contributed by atoms with Crippen LogP contribution in [0.5, 0.6) is 5.75 Å². The first kappa shape index (κ1) is 31.5. The van der Waals surface area contributed by atoms with Gasteiger partial charge in [-0.3, -0.25) is 13.9 Å². The predicted octanol–water partition coefficient (Wildman–Crippen LogP) is 3.72. The molecule has 1 saturated heterocycles. The van der Waals surface area contributed by atoms with E-state index in [0.717, 1.165) is 12.3 Å². The second kappa shape index (κ2) is 12.3. The summed E-state index contributed by atoms with van der Waals surface area (Å²) in [5.41, 5.74) is 3.96. The van der Waals surface area contributed by atoms with Gasteiger partial charge in [-0.1, -0.05) is 36.4 Å². The van der Waals surface area contributed by atoms with Gasteiger partial charge in [-0.05, 0) is 39.1 Å². The summed E-state index contributed by atoms with van der Waals surface area (Å²) in [6.45, 7) is 5.38. The highest BCUT2D eigenvalue weighted by Crippen LogP contribution is 2.49. The van der Waals surface area contributed by atoms with Crippen LogP contribution < -0.4 is 20.7 Å². The molecule has 0 radical (unpaired) electrons. The molecular weight excluding hydrogens is 596 g/mol. The number of hydrogen-bond acceptors (Lipinski definition) is 12. The monoisotopic (exact) mass is 631 g/mol. The fraction of sp³-hybridized carbons (Fsp3) is 0.429. The summed E-state index contributed by atoms with van der Waals surface area (Å²) in [7, 11) is -2.76. The zero-order valence-corrected chi connectivity index (χ0v) is 25.7. The average Bonchev–Trinajstić information content (AvgIpc) is 3.48. The van der Waals surface area contributed by atoms with Crippen LogP contribution in [0.4, 0.5) is 16.2 Å². The fourth-order valence-electron chi connectivity index (χ4n) is 4.92. The third-order valence-corrected chi connectivity index (χ3v) is 8.71. The van der Waals surface area contributed by atoms with Crippen molar-refractivity contribution in [1.82, 2.24) is 24.6 Å². The van der Waals surface area contributed by atoms with Crippen molar-refractivity contribution in [3.63, 3.8) is 0 Å². The van der Waals surface area contributed by atoms with Crippen molar-refractivity contribution in [3.05, 3.63) is 48.8 Å². The van der Waals surface area contributed by atoms with Gasteiger partial charge in [0.15, 0.2) is 28.9 Å². The zero-order chi connectivity index (χ0) is 31.8. The lowest BCUT2D eigenvalue weighted by molar-refractivity contribution is -0.149. The number of aliphatic hydroxyl groups excluding tert-OH is 1. The van der Waals surface area contributed by atoms with Crippen molar-refractivity contribution in [1.29, 1.82) is 0 Å². The van der Waals surface area contributed by atoms with Crippen molar-refractivity contribution in [2.24, 2.45) is 0 Å². The Morgan fingerprint density at radius 3 is 2.68 bits per heavy atom. The molecule has 0 saturated carbocycles. The topological polar surface area (TPSA) is 185 Å². The number of nitrogens with one attached hydrogen (secondary N) is 2. The van der Waals surface area contributed by atoms with Gasteiger partial charge in [0.1, 0.15) is 24.0 Å². The average molecular weight is 632 g/mol. The van der Waals surface area contributed by atoms with Gasteiger partial charge in [0.25, 0.3) is 0 Å². The molecule has 6 atom stereocenters. The number of esters is 1. The lowest BCUT2D eigenvalue weighted by atomic mass is 9.98. The van der Waals surface area contributed by atoms with Gasteiger partial charge in [0.05, 0.1) is 19.0 Å². The number of halogens is 1. The lowest BCUT2D eigenvalue weighted by Crippen LogP contribution is -2.41. The second-order valence-corrected chi connectivity index (χ2v) is 12.5. The van der Waals surface area contributed by atoms with Crippen molar-refractivity contribution >= 4 is 47.4 Å². The summed E-state index contributed by atoms with van der Waals surface area (Å²) < 4.78 is 54.4. The molecule has 1 aliphatic rings. The summed E-state index contributed by atoms with van der Waals surface area (Å²) >= 11 is 0. The minimum atomic E-state index is -4.38. The van der Waals surface area contributed by atoms with Crippen LogP contribution in [0.3, 0.4) is 0 Å². The maximum Gasteiger partial charge on any atom is 0.459 e. The number of carbonyl (C=O) groups excluding carboxylic acids is 1. The number of aromatic nitrogens is 4. The molecule has 1 aliphatic heterocycles. The van der Waals surface area contributed by atoms with Crippen LogP contribution in [0.25, 0.3) is 21.9 Å². The molecule has 2 aromatic carbocycles. The maximum absolute atomic E-state index is 16.1. The van der Waals surface area contributed by atoms with Crippen LogP contribution in [0.1, 0.15) is 33.9 Å². The van der Waals surface area contributed by atoms with E-state index in [1.165, 1.54) is 17.8 Å². The van der Waals surface area contributed by atoms with Crippen molar-refractivity contribution in [2.45, 2.75) is 63.9 Å². The molecule has 0 amide bonds. The number of alkyl halides is 1. The Morgan fingerprint density at radius 2 is 1.95 bits per heavy atom. The van der Waals surface area contributed by atoms with Gasteiger partial charge >= 0.3 is 13.7 Å². The number of carbonyl (C=O) groups is 1. The first-order chi connectivity index (χ1) is 20.8. The van der Waals surface area contributed by atoms with Crippen molar-refractivity contribution in [3.8, 4) is 5.75 Å².